The van der Waals surface area contributed by atoms with Crippen LogP contribution in [-0.2, 0) is 23.1 Å². The third-order valence-electron chi connectivity index (χ3n) is 5.21. The molecule has 3 aromatic carbocycles. The number of anilines is 1. The van der Waals surface area contributed by atoms with Crippen LogP contribution in [0.4, 0.5) is 5.69 Å². The van der Waals surface area contributed by atoms with Gasteiger partial charge in [-0.05, 0) is 28.8 Å². The van der Waals surface area contributed by atoms with Crippen molar-refractivity contribution < 1.29 is 18.6 Å². The summed E-state index contributed by atoms with van der Waals surface area (Å²) in [6, 6.07) is 26.3. The largest absolute Gasteiger partial charge is 0.395 e. The fourth-order valence-corrected chi connectivity index (χ4v) is 4.48. The molecule has 0 saturated carbocycles. The van der Waals surface area contributed by atoms with Gasteiger partial charge in [-0.1, -0.05) is 72.8 Å². The van der Waals surface area contributed by atoms with Crippen LogP contribution in [0.25, 0.3) is 0 Å². The molecule has 0 aromatic heterocycles. The molecule has 3 aromatic rings. The molecule has 3 rings (SSSR count). The van der Waals surface area contributed by atoms with E-state index in [1.807, 2.05) is 65.6 Å². The quantitative estimate of drug-likeness (QED) is 0.465. The van der Waals surface area contributed by atoms with Gasteiger partial charge < -0.3 is 10.2 Å². The van der Waals surface area contributed by atoms with Crippen molar-refractivity contribution in [1.82, 2.24) is 4.90 Å². The first-order valence-corrected chi connectivity index (χ1v) is 12.4. The number of sulfonamides is 1. The molecular weight excluding hydrogens is 424 g/mol. The van der Waals surface area contributed by atoms with Gasteiger partial charge in [-0.3, -0.25) is 9.21 Å². The summed E-state index contributed by atoms with van der Waals surface area (Å²) < 4.78 is 26.4. The molecule has 0 heterocycles. The molecule has 0 aliphatic heterocycles. The highest BCUT2D eigenvalue weighted by Crippen LogP contribution is 2.25. The standard InChI is InChI=1S/C25H30N2O4S/c1-32(30,31)27(19-22-11-6-3-7-12-22)24-14-8-13-23(17-24)25(29)20-26(15-16-28)18-21-9-4-2-5-10-21/h2-14,17,25,28-29H,15-16,18-20H2,1H3/t25-/m0/s1. The van der Waals surface area contributed by atoms with E-state index >= 15 is 0 Å². The Labute approximate surface area is 190 Å². The van der Waals surface area contributed by atoms with Crippen LogP contribution in [0.1, 0.15) is 22.8 Å². The number of nitrogens with zero attached hydrogens (tertiary/aromatic N) is 2. The normalized spacial score (nSPS) is 12.6. The molecule has 32 heavy (non-hydrogen) atoms. The van der Waals surface area contributed by atoms with Gasteiger partial charge in [-0.2, -0.15) is 0 Å². The Morgan fingerprint density at radius 3 is 2.00 bits per heavy atom. The number of rotatable bonds is 11. The van der Waals surface area contributed by atoms with E-state index in [-0.39, 0.29) is 13.2 Å². The smallest absolute Gasteiger partial charge is 0.232 e. The van der Waals surface area contributed by atoms with Gasteiger partial charge >= 0.3 is 0 Å². The second-order valence-corrected chi connectivity index (χ2v) is 9.72. The summed E-state index contributed by atoms with van der Waals surface area (Å²) in [6.45, 7) is 1.54. The minimum Gasteiger partial charge on any atom is -0.395 e. The Hall–Kier alpha value is -2.71. The lowest BCUT2D eigenvalue weighted by Gasteiger charge is -2.26. The zero-order chi connectivity index (χ0) is 23.0. The molecule has 0 fully saturated rings. The van der Waals surface area contributed by atoms with Crippen molar-refractivity contribution in [2.75, 3.05) is 30.3 Å². The summed E-state index contributed by atoms with van der Waals surface area (Å²) in [4.78, 5) is 1.98. The van der Waals surface area contributed by atoms with Gasteiger partial charge in [0.2, 0.25) is 10.0 Å². The van der Waals surface area contributed by atoms with Crippen molar-refractivity contribution in [3.05, 3.63) is 102 Å². The highest BCUT2D eigenvalue weighted by atomic mass is 32.2. The van der Waals surface area contributed by atoms with Crippen molar-refractivity contribution in [3.63, 3.8) is 0 Å². The summed E-state index contributed by atoms with van der Waals surface area (Å²) in [6.07, 6.45) is 0.352. The van der Waals surface area contributed by atoms with Crippen LogP contribution in [0, 0.1) is 0 Å². The molecule has 0 unspecified atom stereocenters. The summed E-state index contributed by atoms with van der Waals surface area (Å²) in [5.74, 6) is 0. The second-order valence-electron chi connectivity index (χ2n) is 7.81. The van der Waals surface area contributed by atoms with E-state index in [9.17, 15) is 18.6 Å². The van der Waals surface area contributed by atoms with Gasteiger partial charge in [-0.15, -0.1) is 0 Å². The SMILES string of the molecule is CS(=O)(=O)N(Cc1ccccc1)c1cccc([C@@H](O)CN(CCO)Cc2ccccc2)c1. The molecule has 7 heteroatoms. The van der Waals surface area contributed by atoms with E-state index in [2.05, 4.69) is 0 Å². The fraction of sp³-hybridized carbons (Fsp3) is 0.280. The lowest BCUT2D eigenvalue weighted by Crippen LogP contribution is -2.31. The maximum atomic E-state index is 12.5. The van der Waals surface area contributed by atoms with Crippen LogP contribution in [0.2, 0.25) is 0 Å². The first kappa shape index (κ1) is 23.9. The number of aliphatic hydroxyl groups excluding tert-OH is 2. The zero-order valence-corrected chi connectivity index (χ0v) is 19.0. The summed E-state index contributed by atoms with van der Waals surface area (Å²) in [5.41, 5.74) is 3.10. The lowest BCUT2D eigenvalue weighted by molar-refractivity contribution is 0.0957. The highest BCUT2D eigenvalue weighted by molar-refractivity contribution is 7.92. The molecule has 0 spiro atoms. The number of aliphatic hydroxyl groups is 2. The van der Waals surface area contributed by atoms with Crippen LogP contribution in [0.15, 0.2) is 84.9 Å². The Bertz CT molecular complexity index is 1080. The summed E-state index contributed by atoms with van der Waals surface area (Å²) in [7, 11) is -3.52. The first-order valence-electron chi connectivity index (χ1n) is 10.5. The van der Waals surface area contributed by atoms with E-state index in [4.69, 9.17) is 0 Å². The van der Waals surface area contributed by atoms with E-state index in [1.54, 1.807) is 24.3 Å². The van der Waals surface area contributed by atoms with Crippen molar-refractivity contribution in [2.24, 2.45) is 0 Å². The molecule has 0 amide bonds. The molecule has 0 bridgehead atoms. The molecule has 0 saturated heterocycles. The van der Waals surface area contributed by atoms with Gasteiger partial charge in [0.15, 0.2) is 0 Å². The molecular formula is C25H30N2O4S. The maximum Gasteiger partial charge on any atom is 0.232 e. The van der Waals surface area contributed by atoms with Crippen LogP contribution in [0.3, 0.4) is 0 Å². The van der Waals surface area contributed by atoms with Crippen LogP contribution in [0.5, 0.6) is 0 Å². The lowest BCUT2D eigenvalue weighted by atomic mass is 10.1. The number of hydrogen-bond donors (Lipinski definition) is 2. The number of hydrogen-bond acceptors (Lipinski definition) is 5. The van der Waals surface area contributed by atoms with Gasteiger partial charge in [-0.25, -0.2) is 8.42 Å². The minimum absolute atomic E-state index is 0.0154. The fourth-order valence-electron chi connectivity index (χ4n) is 3.60. The zero-order valence-electron chi connectivity index (χ0n) is 18.2. The third-order valence-corrected chi connectivity index (χ3v) is 6.35. The van der Waals surface area contributed by atoms with E-state index < -0.39 is 16.1 Å². The summed E-state index contributed by atoms with van der Waals surface area (Å²) in [5, 5.41) is 20.4. The third kappa shape index (κ3) is 6.90. The molecule has 0 radical (unpaired) electrons. The Kier molecular flexibility index (Phi) is 8.41. The Morgan fingerprint density at radius 1 is 0.844 bits per heavy atom. The molecule has 1 atom stereocenters. The topological polar surface area (TPSA) is 81.1 Å². The van der Waals surface area contributed by atoms with Gasteiger partial charge in [0.25, 0.3) is 0 Å². The number of benzene rings is 3. The van der Waals surface area contributed by atoms with Gasteiger partial charge in [0.05, 0.1) is 31.2 Å². The maximum absolute atomic E-state index is 12.5. The van der Waals surface area contributed by atoms with Crippen LogP contribution >= 0.6 is 0 Å². The molecule has 6 nitrogen and oxygen atoms in total. The Balaban J connectivity index is 1.79. The van der Waals surface area contributed by atoms with Crippen molar-refractivity contribution >= 4 is 15.7 Å². The van der Waals surface area contributed by atoms with Crippen LogP contribution < -0.4 is 4.31 Å². The average Bonchev–Trinajstić information content (AvgIpc) is 2.78. The second kappa shape index (κ2) is 11.2. The van der Waals surface area contributed by atoms with Crippen molar-refractivity contribution in [1.29, 1.82) is 0 Å². The van der Waals surface area contributed by atoms with Gasteiger partial charge in [0, 0.05) is 19.6 Å². The van der Waals surface area contributed by atoms with E-state index in [0.29, 0.717) is 30.9 Å². The first-order chi connectivity index (χ1) is 15.4. The molecule has 2 N–H and O–H groups in total. The highest BCUT2D eigenvalue weighted by Gasteiger charge is 2.20. The van der Waals surface area contributed by atoms with Crippen LogP contribution in [-0.4, -0.2) is 49.5 Å². The summed E-state index contributed by atoms with van der Waals surface area (Å²) >= 11 is 0. The molecule has 170 valence electrons. The monoisotopic (exact) mass is 454 g/mol. The average molecular weight is 455 g/mol. The van der Waals surface area contributed by atoms with E-state index in [1.165, 1.54) is 10.6 Å². The Morgan fingerprint density at radius 2 is 1.44 bits per heavy atom. The van der Waals surface area contributed by atoms with E-state index in [0.717, 1.165) is 11.1 Å². The molecule has 0 aliphatic carbocycles. The van der Waals surface area contributed by atoms with Gasteiger partial charge in [0.1, 0.15) is 0 Å². The minimum atomic E-state index is -3.52. The predicted octanol–water partition coefficient (Wildman–Crippen LogP) is 3.18. The van der Waals surface area contributed by atoms with Crippen molar-refractivity contribution in [2.45, 2.75) is 19.2 Å². The van der Waals surface area contributed by atoms with Crippen molar-refractivity contribution in [3.8, 4) is 0 Å². The predicted molar refractivity (Wildman–Crippen MR) is 128 cm³/mol. The molecule has 0 aliphatic rings.